The summed E-state index contributed by atoms with van der Waals surface area (Å²) >= 11 is 0. The van der Waals surface area contributed by atoms with Crippen LogP contribution < -0.4 is 0 Å². The number of benzene rings is 2. The Balaban J connectivity index is 1.66. The summed E-state index contributed by atoms with van der Waals surface area (Å²) in [6.07, 6.45) is 5.54. The van der Waals surface area contributed by atoms with E-state index in [1.54, 1.807) is 15.7 Å². The maximum absolute atomic E-state index is 13.4. The molecule has 4 rings (SSSR count). The normalized spacial score (nSPS) is 14.4. The molecule has 0 unspecified atom stereocenters. The minimum Gasteiger partial charge on any atom is -0.337 e. The molecule has 34 heavy (non-hydrogen) atoms. The SMILES string of the molecule is CCN(Cc1cnc(S(=O)(=O)Cc2ccc(F)cc2)n1Cc1ccccc1)C(=O)C1CCCC1. The van der Waals surface area contributed by atoms with Crippen molar-refractivity contribution in [2.24, 2.45) is 5.92 Å². The van der Waals surface area contributed by atoms with Gasteiger partial charge < -0.3 is 9.47 Å². The first-order valence-electron chi connectivity index (χ1n) is 11.7. The van der Waals surface area contributed by atoms with Gasteiger partial charge in [-0.1, -0.05) is 55.3 Å². The van der Waals surface area contributed by atoms with E-state index in [1.165, 1.54) is 24.3 Å². The average molecular weight is 484 g/mol. The Morgan fingerprint density at radius 2 is 1.74 bits per heavy atom. The molecular formula is C26H30FN3O3S. The van der Waals surface area contributed by atoms with Crippen molar-refractivity contribution in [1.29, 1.82) is 0 Å². The zero-order valence-electron chi connectivity index (χ0n) is 19.4. The summed E-state index contributed by atoms with van der Waals surface area (Å²) in [5.74, 6) is -0.521. The lowest BCUT2D eigenvalue weighted by atomic mass is 10.1. The van der Waals surface area contributed by atoms with Crippen LogP contribution in [0.4, 0.5) is 4.39 Å². The van der Waals surface area contributed by atoms with Crippen LogP contribution in [0.25, 0.3) is 0 Å². The molecule has 1 saturated carbocycles. The third-order valence-electron chi connectivity index (χ3n) is 6.38. The fourth-order valence-electron chi connectivity index (χ4n) is 4.54. The lowest BCUT2D eigenvalue weighted by Gasteiger charge is -2.25. The first-order chi connectivity index (χ1) is 16.4. The van der Waals surface area contributed by atoms with Crippen LogP contribution in [0.5, 0.6) is 0 Å². The van der Waals surface area contributed by atoms with Gasteiger partial charge in [0.15, 0.2) is 0 Å². The minimum absolute atomic E-state index is 0.0416. The molecule has 1 fully saturated rings. The highest BCUT2D eigenvalue weighted by Gasteiger charge is 2.29. The summed E-state index contributed by atoms with van der Waals surface area (Å²) in [5.41, 5.74) is 2.10. The Labute approximate surface area is 200 Å². The predicted octanol–water partition coefficient (Wildman–Crippen LogP) is 4.58. The van der Waals surface area contributed by atoms with Crippen LogP contribution in [-0.4, -0.2) is 35.3 Å². The number of carbonyl (C=O) groups is 1. The maximum Gasteiger partial charge on any atom is 0.228 e. The molecule has 2 aromatic carbocycles. The number of sulfone groups is 1. The van der Waals surface area contributed by atoms with E-state index in [2.05, 4.69) is 4.98 Å². The predicted molar refractivity (Wildman–Crippen MR) is 128 cm³/mol. The van der Waals surface area contributed by atoms with Gasteiger partial charge in [-0.15, -0.1) is 0 Å². The highest BCUT2D eigenvalue weighted by molar-refractivity contribution is 7.90. The molecule has 3 aromatic rings. The van der Waals surface area contributed by atoms with Crippen molar-refractivity contribution >= 4 is 15.7 Å². The van der Waals surface area contributed by atoms with Crippen molar-refractivity contribution in [3.8, 4) is 0 Å². The van der Waals surface area contributed by atoms with Crippen LogP contribution in [-0.2, 0) is 33.5 Å². The number of rotatable bonds is 9. The van der Waals surface area contributed by atoms with E-state index in [9.17, 15) is 17.6 Å². The van der Waals surface area contributed by atoms with Crippen molar-refractivity contribution in [2.75, 3.05) is 6.54 Å². The number of imidazole rings is 1. The van der Waals surface area contributed by atoms with Crippen LogP contribution in [0.2, 0.25) is 0 Å². The Hall–Kier alpha value is -3.00. The molecule has 1 aromatic heterocycles. The van der Waals surface area contributed by atoms with Crippen molar-refractivity contribution in [3.63, 3.8) is 0 Å². The summed E-state index contributed by atoms with van der Waals surface area (Å²) in [4.78, 5) is 19.2. The molecule has 0 bridgehead atoms. The highest BCUT2D eigenvalue weighted by atomic mass is 32.2. The average Bonchev–Trinajstić information content (AvgIpc) is 3.50. The maximum atomic E-state index is 13.4. The number of hydrogen-bond acceptors (Lipinski definition) is 4. The molecule has 180 valence electrons. The van der Waals surface area contributed by atoms with Crippen LogP contribution >= 0.6 is 0 Å². The third-order valence-corrected chi connectivity index (χ3v) is 7.98. The van der Waals surface area contributed by atoms with Crippen molar-refractivity contribution in [3.05, 3.63) is 83.4 Å². The Morgan fingerprint density at radius 1 is 1.06 bits per heavy atom. The largest absolute Gasteiger partial charge is 0.337 e. The van der Waals surface area contributed by atoms with Crippen molar-refractivity contribution < 1.29 is 17.6 Å². The van der Waals surface area contributed by atoms with Gasteiger partial charge in [0, 0.05) is 12.5 Å². The molecular weight excluding hydrogens is 453 g/mol. The van der Waals surface area contributed by atoms with Gasteiger partial charge in [-0.2, -0.15) is 0 Å². The van der Waals surface area contributed by atoms with Crippen LogP contribution in [0.1, 0.15) is 49.4 Å². The molecule has 0 spiro atoms. The fraction of sp³-hybridized carbons (Fsp3) is 0.385. The molecule has 1 aliphatic carbocycles. The van der Waals surface area contributed by atoms with E-state index in [1.807, 2.05) is 37.3 Å². The van der Waals surface area contributed by atoms with Crippen LogP contribution in [0.15, 0.2) is 66.0 Å². The molecule has 0 radical (unpaired) electrons. The molecule has 1 amide bonds. The fourth-order valence-corrected chi connectivity index (χ4v) is 6.03. The standard InChI is InChI=1S/C26H30FN3O3S/c1-2-29(25(31)22-10-6-7-11-22)18-24-16-28-26(30(24)17-20-8-4-3-5-9-20)34(32,33)19-21-12-14-23(27)15-13-21/h3-5,8-9,12-16,22H,2,6-7,10-11,17-19H2,1H3. The summed E-state index contributed by atoms with van der Waals surface area (Å²) in [5, 5.41) is -0.0416. The van der Waals surface area contributed by atoms with Crippen LogP contribution in [0.3, 0.4) is 0 Å². The lowest BCUT2D eigenvalue weighted by Crippen LogP contribution is -2.35. The van der Waals surface area contributed by atoms with Crippen molar-refractivity contribution in [1.82, 2.24) is 14.5 Å². The highest BCUT2D eigenvalue weighted by Crippen LogP contribution is 2.28. The second kappa shape index (κ2) is 10.5. The number of nitrogens with zero attached hydrogens (tertiary/aromatic N) is 3. The summed E-state index contributed by atoms with van der Waals surface area (Å²) in [6, 6.07) is 15.0. The first kappa shape index (κ1) is 24.1. The smallest absolute Gasteiger partial charge is 0.228 e. The molecule has 1 heterocycles. The van der Waals surface area contributed by atoms with E-state index in [4.69, 9.17) is 0 Å². The van der Waals surface area contributed by atoms with Gasteiger partial charge in [0.2, 0.25) is 20.9 Å². The van der Waals surface area contributed by atoms with Gasteiger partial charge in [0.25, 0.3) is 0 Å². The number of hydrogen-bond donors (Lipinski definition) is 0. The Bertz CT molecular complexity index is 1220. The van der Waals surface area contributed by atoms with Gasteiger partial charge in [0.1, 0.15) is 5.82 Å². The van der Waals surface area contributed by atoms with E-state index in [0.29, 0.717) is 30.9 Å². The minimum atomic E-state index is -3.81. The van der Waals surface area contributed by atoms with E-state index >= 15 is 0 Å². The number of halogens is 1. The molecule has 0 aliphatic heterocycles. The third kappa shape index (κ3) is 5.55. The zero-order valence-corrected chi connectivity index (χ0v) is 20.2. The summed E-state index contributed by atoms with van der Waals surface area (Å²) in [7, 11) is -3.81. The number of carbonyl (C=O) groups excluding carboxylic acids is 1. The Morgan fingerprint density at radius 3 is 2.38 bits per heavy atom. The van der Waals surface area contributed by atoms with E-state index in [0.717, 1.165) is 31.2 Å². The molecule has 1 aliphatic rings. The molecule has 0 saturated heterocycles. The van der Waals surface area contributed by atoms with Gasteiger partial charge in [-0.25, -0.2) is 17.8 Å². The summed E-state index contributed by atoms with van der Waals surface area (Å²) < 4.78 is 41.7. The lowest BCUT2D eigenvalue weighted by molar-refractivity contribution is -0.135. The second-order valence-electron chi connectivity index (χ2n) is 8.82. The molecule has 8 heteroatoms. The Kier molecular flexibility index (Phi) is 7.46. The van der Waals surface area contributed by atoms with E-state index in [-0.39, 0.29) is 22.7 Å². The monoisotopic (exact) mass is 483 g/mol. The second-order valence-corrected chi connectivity index (χ2v) is 10.7. The number of aromatic nitrogens is 2. The van der Waals surface area contributed by atoms with Crippen molar-refractivity contribution in [2.45, 2.75) is 56.6 Å². The first-order valence-corrected chi connectivity index (χ1v) is 13.4. The van der Waals surface area contributed by atoms with Gasteiger partial charge in [-0.05, 0) is 43.0 Å². The molecule has 0 atom stereocenters. The molecule has 6 nitrogen and oxygen atoms in total. The van der Waals surface area contributed by atoms with Gasteiger partial charge in [-0.3, -0.25) is 4.79 Å². The van der Waals surface area contributed by atoms with Crippen LogP contribution in [0, 0.1) is 11.7 Å². The summed E-state index contributed by atoms with van der Waals surface area (Å²) in [6.45, 7) is 3.11. The molecule has 0 N–H and O–H groups in total. The number of amides is 1. The van der Waals surface area contributed by atoms with Gasteiger partial charge >= 0.3 is 0 Å². The topological polar surface area (TPSA) is 72.3 Å². The van der Waals surface area contributed by atoms with Gasteiger partial charge in [0.05, 0.1) is 30.7 Å². The van der Waals surface area contributed by atoms with E-state index < -0.39 is 15.7 Å². The quantitative estimate of drug-likeness (QED) is 0.447. The zero-order chi connectivity index (χ0) is 24.1.